The van der Waals surface area contributed by atoms with Crippen LogP contribution < -0.4 is 10.6 Å². The Labute approximate surface area is 119 Å². The number of nitrogens with zero attached hydrogens (tertiary/aromatic N) is 1. The number of amides is 1. The van der Waals surface area contributed by atoms with Gasteiger partial charge in [0.05, 0.1) is 4.92 Å². The predicted octanol–water partition coefficient (Wildman–Crippen LogP) is 1.13. The molecule has 2 unspecified atom stereocenters. The summed E-state index contributed by atoms with van der Waals surface area (Å²) in [7, 11) is 0.484. The largest absolute Gasteiger partial charge is 0.383 e. The van der Waals surface area contributed by atoms with Gasteiger partial charge in [0.15, 0.2) is 0 Å². The van der Waals surface area contributed by atoms with Crippen LogP contribution in [0, 0.1) is 10.1 Å². The second-order valence-electron chi connectivity index (χ2n) is 4.23. The minimum Gasteiger partial charge on any atom is -0.383 e. The average molecular weight is 299 g/mol. The van der Waals surface area contributed by atoms with Crippen LogP contribution in [-0.2, 0) is 10.8 Å². The quantitative estimate of drug-likeness (QED) is 0.605. The molecule has 0 saturated heterocycles. The van der Waals surface area contributed by atoms with Gasteiger partial charge in [-0.25, -0.2) is 0 Å². The molecule has 0 aliphatic heterocycles. The maximum atomic E-state index is 12.0. The molecule has 0 saturated carbocycles. The minimum absolute atomic E-state index is 0.0177. The second-order valence-corrected chi connectivity index (χ2v) is 6.03. The van der Waals surface area contributed by atoms with Crippen LogP contribution in [0.4, 0.5) is 11.4 Å². The van der Waals surface area contributed by atoms with E-state index < -0.39 is 21.6 Å². The molecule has 1 rings (SSSR count). The van der Waals surface area contributed by atoms with E-state index in [-0.39, 0.29) is 28.7 Å². The number of nitro benzene ring substituents is 1. The molecular weight excluding hydrogens is 282 g/mol. The van der Waals surface area contributed by atoms with Crippen LogP contribution in [0.1, 0.15) is 17.3 Å². The van der Waals surface area contributed by atoms with Gasteiger partial charge in [-0.15, -0.1) is 0 Å². The van der Waals surface area contributed by atoms with Crippen LogP contribution in [-0.4, -0.2) is 40.1 Å². The van der Waals surface area contributed by atoms with Gasteiger partial charge in [0.2, 0.25) is 0 Å². The third kappa shape index (κ3) is 3.77. The summed E-state index contributed by atoms with van der Waals surface area (Å²) < 4.78 is 11.2. The molecule has 20 heavy (non-hydrogen) atoms. The Morgan fingerprint density at radius 2 is 2.15 bits per heavy atom. The normalized spacial score (nSPS) is 13.3. The number of hydrogen-bond donors (Lipinski definition) is 2. The third-order valence-electron chi connectivity index (χ3n) is 2.85. The molecule has 7 nitrogen and oxygen atoms in total. The number of para-hydroxylation sites is 1. The van der Waals surface area contributed by atoms with Gasteiger partial charge in [-0.1, -0.05) is 6.07 Å². The number of carbonyl (C=O) groups is 1. The van der Waals surface area contributed by atoms with Crippen molar-refractivity contribution in [2.75, 3.05) is 25.2 Å². The first-order valence-electron chi connectivity index (χ1n) is 5.94. The Kier molecular flexibility index (Phi) is 5.63. The van der Waals surface area contributed by atoms with Gasteiger partial charge < -0.3 is 10.6 Å². The van der Waals surface area contributed by atoms with Crippen molar-refractivity contribution in [1.29, 1.82) is 0 Å². The van der Waals surface area contributed by atoms with Gasteiger partial charge >= 0.3 is 5.69 Å². The zero-order valence-electron chi connectivity index (χ0n) is 11.5. The summed E-state index contributed by atoms with van der Waals surface area (Å²) in [6, 6.07) is 4.48. The summed E-state index contributed by atoms with van der Waals surface area (Å²) in [6.45, 7) is 1.93. The lowest BCUT2D eigenvalue weighted by Gasteiger charge is -2.11. The highest BCUT2D eigenvalue weighted by molar-refractivity contribution is 7.84. The lowest BCUT2D eigenvalue weighted by Crippen LogP contribution is -2.33. The molecular formula is C12H17N3O4S. The van der Waals surface area contributed by atoms with E-state index in [0.717, 1.165) is 0 Å². The molecule has 0 aliphatic rings. The first-order chi connectivity index (χ1) is 9.38. The smallest absolute Gasteiger partial charge is 0.305 e. The van der Waals surface area contributed by atoms with E-state index in [9.17, 15) is 19.1 Å². The fourth-order valence-electron chi connectivity index (χ4n) is 1.57. The molecule has 0 fully saturated rings. The van der Waals surface area contributed by atoms with Crippen molar-refractivity contribution in [3.05, 3.63) is 33.9 Å². The van der Waals surface area contributed by atoms with Crippen LogP contribution in [0.2, 0.25) is 0 Å². The first kappa shape index (κ1) is 16.1. The number of benzene rings is 1. The molecule has 0 bridgehead atoms. The number of anilines is 1. The number of rotatable bonds is 6. The first-order valence-corrected chi connectivity index (χ1v) is 7.56. The number of nitrogens with one attached hydrogen (secondary N) is 2. The lowest BCUT2D eigenvalue weighted by molar-refractivity contribution is -0.384. The zero-order valence-corrected chi connectivity index (χ0v) is 12.3. The maximum absolute atomic E-state index is 12.0. The van der Waals surface area contributed by atoms with Crippen LogP contribution >= 0.6 is 0 Å². The Bertz CT molecular complexity index is 548. The molecule has 2 atom stereocenters. The minimum atomic E-state index is -1.06. The summed E-state index contributed by atoms with van der Waals surface area (Å²) in [5.74, 6) is -0.550. The van der Waals surface area contributed by atoms with Gasteiger partial charge in [0, 0.05) is 35.9 Å². The van der Waals surface area contributed by atoms with E-state index in [2.05, 4.69) is 10.6 Å². The molecule has 1 aromatic carbocycles. The van der Waals surface area contributed by atoms with Crippen molar-refractivity contribution >= 4 is 28.1 Å². The van der Waals surface area contributed by atoms with Gasteiger partial charge in [-0.2, -0.15) is 0 Å². The summed E-state index contributed by atoms with van der Waals surface area (Å²) in [5.41, 5.74) is -0.0107. The van der Waals surface area contributed by atoms with Crippen molar-refractivity contribution in [1.82, 2.24) is 5.32 Å². The van der Waals surface area contributed by atoms with E-state index >= 15 is 0 Å². The van der Waals surface area contributed by atoms with E-state index in [0.29, 0.717) is 0 Å². The van der Waals surface area contributed by atoms with Gasteiger partial charge in [0.1, 0.15) is 11.3 Å². The monoisotopic (exact) mass is 299 g/mol. The maximum Gasteiger partial charge on any atom is 0.305 e. The third-order valence-corrected chi connectivity index (χ3v) is 4.15. The van der Waals surface area contributed by atoms with Gasteiger partial charge in [0.25, 0.3) is 5.91 Å². The molecule has 0 radical (unpaired) electrons. The molecule has 110 valence electrons. The molecule has 0 spiro atoms. The van der Waals surface area contributed by atoms with E-state index in [4.69, 9.17) is 0 Å². The van der Waals surface area contributed by atoms with Crippen LogP contribution in [0.5, 0.6) is 0 Å². The van der Waals surface area contributed by atoms with E-state index in [1.165, 1.54) is 12.1 Å². The molecule has 0 aromatic heterocycles. The topological polar surface area (TPSA) is 101 Å². The standard InChI is InChI=1S/C12H17N3O4S/c1-8(20(3)19)7-14-12(16)9-5-4-6-10(13-2)11(9)15(17)18/h4-6,8,13H,7H2,1-3H3,(H,14,16). The van der Waals surface area contributed by atoms with E-state index in [1.54, 1.807) is 26.3 Å². The van der Waals surface area contributed by atoms with Crippen LogP contribution in [0.15, 0.2) is 18.2 Å². The number of nitro groups is 1. The Morgan fingerprint density at radius 1 is 1.50 bits per heavy atom. The fourth-order valence-corrected chi connectivity index (χ4v) is 1.89. The predicted molar refractivity (Wildman–Crippen MR) is 78.5 cm³/mol. The molecule has 1 aromatic rings. The van der Waals surface area contributed by atoms with Crippen LogP contribution in [0.25, 0.3) is 0 Å². The van der Waals surface area contributed by atoms with Crippen molar-refractivity contribution < 1.29 is 13.9 Å². The van der Waals surface area contributed by atoms with Crippen molar-refractivity contribution in [2.24, 2.45) is 0 Å². The summed E-state index contributed by atoms with van der Waals surface area (Å²) >= 11 is 0. The average Bonchev–Trinajstić information content (AvgIpc) is 2.42. The highest BCUT2D eigenvalue weighted by Crippen LogP contribution is 2.28. The van der Waals surface area contributed by atoms with Crippen LogP contribution in [0.3, 0.4) is 0 Å². The highest BCUT2D eigenvalue weighted by atomic mass is 32.2. The Morgan fingerprint density at radius 3 is 2.65 bits per heavy atom. The molecule has 2 N–H and O–H groups in total. The van der Waals surface area contributed by atoms with Crippen molar-refractivity contribution in [2.45, 2.75) is 12.2 Å². The Hall–Kier alpha value is -1.96. The lowest BCUT2D eigenvalue weighted by atomic mass is 10.1. The zero-order chi connectivity index (χ0) is 15.3. The SMILES string of the molecule is CNc1cccc(C(=O)NCC(C)S(C)=O)c1[N+](=O)[O-]. The number of hydrogen-bond acceptors (Lipinski definition) is 5. The summed E-state index contributed by atoms with van der Waals surface area (Å²) in [4.78, 5) is 22.5. The van der Waals surface area contributed by atoms with Gasteiger partial charge in [-0.05, 0) is 19.1 Å². The molecule has 8 heteroatoms. The van der Waals surface area contributed by atoms with Crippen molar-refractivity contribution in [3.63, 3.8) is 0 Å². The second kappa shape index (κ2) is 6.99. The highest BCUT2D eigenvalue weighted by Gasteiger charge is 2.24. The fraction of sp³-hybridized carbons (Fsp3) is 0.417. The van der Waals surface area contributed by atoms with Crippen molar-refractivity contribution in [3.8, 4) is 0 Å². The molecule has 0 aliphatic carbocycles. The number of carbonyl (C=O) groups excluding carboxylic acids is 1. The summed E-state index contributed by atoms with van der Waals surface area (Å²) in [5, 5.41) is 16.1. The van der Waals surface area contributed by atoms with Gasteiger partial charge in [-0.3, -0.25) is 19.1 Å². The summed E-state index contributed by atoms with van der Waals surface area (Å²) in [6.07, 6.45) is 1.54. The Balaban J connectivity index is 2.98. The molecule has 0 heterocycles. The van der Waals surface area contributed by atoms with E-state index in [1.807, 2.05) is 0 Å². The molecule has 1 amide bonds.